The normalized spacial score (nSPS) is 13.4. The van der Waals surface area contributed by atoms with Crippen LogP contribution in [0.15, 0.2) is 0 Å². The molecule has 0 aliphatic heterocycles. The summed E-state index contributed by atoms with van der Waals surface area (Å²) in [6, 6.07) is 0. The first kappa shape index (κ1) is 12.9. The van der Waals surface area contributed by atoms with Gasteiger partial charge in [0.25, 0.3) is 0 Å². The van der Waals surface area contributed by atoms with Crippen molar-refractivity contribution in [1.82, 2.24) is 5.32 Å². The number of hydrogen-bond acceptors (Lipinski definition) is 2. The summed E-state index contributed by atoms with van der Waals surface area (Å²) in [6.07, 6.45) is 0.939. The number of carboxylic acids is 1. The molecule has 2 N–H and O–H groups in total. The van der Waals surface area contributed by atoms with Crippen LogP contribution in [0.1, 0.15) is 34.1 Å². The van der Waals surface area contributed by atoms with Crippen LogP contribution in [0.25, 0.3) is 0 Å². The maximum atomic E-state index is 11.3. The minimum Gasteiger partial charge on any atom is -0.481 e. The molecule has 0 saturated heterocycles. The molecule has 14 heavy (non-hydrogen) atoms. The Morgan fingerprint density at radius 2 is 1.93 bits per heavy atom. The average Bonchev–Trinajstić information content (AvgIpc) is 2.13. The van der Waals surface area contributed by atoms with E-state index in [9.17, 15) is 9.59 Å². The summed E-state index contributed by atoms with van der Waals surface area (Å²) in [4.78, 5) is 21.7. The number of aliphatic carboxylic acids is 1. The minimum atomic E-state index is -1.09. The lowest BCUT2D eigenvalue weighted by atomic mass is 9.90. The van der Waals surface area contributed by atoms with Gasteiger partial charge in [0.05, 0.1) is 0 Å². The predicted molar refractivity (Wildman–Crippen MR) is 53.9 cm³/mol. The molecule has 0 bridgehead atoms. The van der Waals surface area contributed by atoms with E-state index < -0.39 is 17.8 Å². The van der Waals surface area contributed by atoms with Crippen molar-refractivity contribution in [2.45, 2.75) is 34.1 Å². The summed E-state index contributed by atoms with van der Waals surface area (Å²) in [5.74, 6) is -2.47. The molecule has 0 heterocycles. The van der Waals surface area contributed by atoms with Crippen LogP contribution in [0.4, 0.5) is 0 Å². The molecule has 0 aromatic rings. The molecule has 82 valence electrons. The van der Waals surface area contributed by atoms with Crippen LogP contribution in [0.2, 0.25) is 0 Å². The minimum absolute atomic E-state index is 0.0217. The van der Waals surface area contributed by atoms with Crippen LogP contribution < -0.4 is 5.32 Å². The fourth-order valence-corrected chi connectivity index (χ4v) is 0.717. The fraction of sp³-hybridized carbons (Fsp3) is 0.800. The molecule has 0 aliphatic carbocycles. The Hall–Kier alpha value is -1.06. The van der Waals surface area contributed by atoms with E-state index >= 15 is 0 Å². The zero-order valence-electron chi connectivity index (χ0n) is 9.26. The Balaban J connectivity index is 4.03. The third-order valence-electron chi connectivity index (χ3n) is 2.46. The quantitative estimate of drug-likeness (QED) is 0.658. The SMILES string of the molecule is CCC(C)(C)CNC(=O)C(C)C(=O)O. The average molecular weight is 201 g/mol. The Morgan fingerprint density at radius 3 is 2.29 bits per heavy atom. The molecular weight excluding hydrogens is 182 g/mol. The van der Waals surface area contributed by atoms with Crippen molar-refractivity contribution >= 4 is 11.9 Å². The Kier molecular flexibility index (Phi) is 4.60. The van der Waals surface area contributed by atoms with E-state index in [4.69, 9.17) is 5.11 Å². The van der Waals surface area contributed by atoms with Gasteiger partial charge in [-0.25, -0.2) is 0 Å². The first-order valence-electron chi connectivity index (χ1n) is 4.80. The van der Waals surface area contributed by atoms with E-state index in [-0.39, 0.29) is 5.41 Å². The van der Waals surface area contributed by atoms with E-state index in [1.165, 1.54) is 6.92 Å². The number of carboxylic acid groups (broad SMARTS) is 1. The van der Waals surface area contributed by atoms with Crippen LogP contribution in [-0.4, -0.2) is 23.5 Å². The number of carbonyl (C=O) groups is 2. The zero-order chi connectivity index (χ0) is 11.4. The van der Waals surface area contributed by atoms with Gasteiger partial charge in [0, 0.05) is 6.54 Å². The van der Waals surface area contributed by atoms with Gasteiger partial charge in [-0.2, -0.15) is 0 Å². The van der Waals surface area contributed by atoms with E-state index in [0.717, 1.165) is 6.42 Å². The molecule has 1 unspecified atom stereocenters. The van der Waals surface area contributed by atoms with Gasteiger partial charge < -0.3 is 10.4 Å². The highest BCUT2D eigenvalue weighted by Gasteiger charge is 2.22. The van der Waals surface area contributed by atoms with Crippen LogP contribution in [0, 0.1) is 11.3 Å². The molecule has 0 spiro atoms. The van der Waals surface area contributed by atoms with Gasteiger partial charge in [-0.1, -0.05) is 20.8 Å². The molecule has 0 aromatic carbocycles. The second-order valence-electron chi connectivity index (χ2n) is 4.30. The summed E-state index contributed by atoms with van der Waals surface area (Å²) in [5.41, 5.74) is 0.0217. The Labute approximate surface area is 84.7 Å². The van der Waals surface area contributed by atoms with E-state index in [0.29, 0.717) is 6.54 Å². The monoisotopic (exact) mass is 201 g/mol. The molecule has 1 amide bonds. The highest BCUT2D eigenvalue weighted by atomic mass is 16.4. The number of hydrogen-bond donors (Lipinski definition) is 2. The lowest BCUT2D eigenvalue weighted by Crippen LogP contribution is -2.39. The van der Waals surface area contributed by atoms with Gasteiger partial charge in [-0.15, -0.1) is 0 Å². The highest BCUT2D eigenvalue weighted by Crippen LogP contribution is 2.17. The first-order chi connectivity index (χ1) is 6.30. The van der Waals surface area contributed by atoms with Crippen LogP contribution >= 0.6 is 0 Å². The number of nitrogens with one attached hydrogen (secondary N) is 1. The summed E-state index contributed by atoms with van der Waals surface area (Å²) < 4.78 is 0. The number of amides is 1. The molecule has 0 aromatic heterocycles. The maximum Gasteiger partial charge on any atom is 0.315 e. The molecule has 0 fully saturated rings. The van der Waals surface area contributed by atoms with Crippen molar-refractivity contribution in [2.75, 3.05) is 6.54 Å². The Morgan fingerprint density at radius 1 is 1.43 bits per heavy atom. The van der Waals surface area contributed by atoms with Crippen molar-refractivity contribution in [3.05, 3.63) is 0 Å². The number of rotatable bonds is 5. The molecule has 1 atom stereocenters. The van der Waals surface area contributed by atoms with Crippen molar-refractivity contribution in [3.63, 3.8) is 0 Å². The molecule has 0 aliphatic rings. The summed E-state index contributed by atoms with van der Waals surface area (Å²) in [5, 5.41) is 11.2. The summed E-state index contributed by atoms with van der Waals surface area (Å²) >= 11 is 0. The standard InChI is InChI=1S/C10H19NO3/c1-5-10(3,4)6-11-8(12)7(2)9(13)14/h7H,5-6H2,1-4H3,(H,11,12)(H,13,14). The molecule has 4 nitrogen and oxygen atoms in total. The molecule has 0 saturated carbocycles. The largest absolute Gasteiger partial charge is 0.481 e. The Bertz CT molecular complexity index is 223. The summed E-state index contributed by atoms with van der Waals surface area (Å²) in [6.45, 7) is 7.99. The van der Waals surface area contributed by atoms with Crippen LogP contribution in [0.5, 0.6) is 0 Å². The van der Waals surface area contributed by atoms with Crippen LogP contribution in [-0.2, 0) is 9.59 Å². The lowest BCUT2D eigenvalue weighted by Gasteiger charge is -2.23. The van der Waals surface area contributed by atoms with E-state index in [1.54, 1.807) is 0 Å². The zero-order valence-corrected chi connectivity index (χ0v) is 9.26. The van der Waals surface area contributed by atoms with Crippen molar-refractivity contribution in [2.24, 2.45) is 11.3 Å². The van der Waals surface area contributed by atoms with Crippen molar-refractivity contribution in [3.8, 4) is 0 Å². The van der Waals surface area contributed by atoms with Crippen molar-refractivity contribution < 1.29 is 14.7 Å². The van der Waals surface area contributed by atoms with Gasteiger partial charge >= 0.3 is 5.97 Å². The fourth-order valence-electron chi connectivity index (χ4n) is 0.717. The summed E-state index contributed by atoms with van der Waals surface area (Å²) in [7, 11) is 0. The highest BCUT2D eigenvalue weighted by molar-refractivity contribution is 5.96. The molecule has 4 heteroatoms. The second-order valence-corrected chi connectivity index (χ2v) is 4.30. The van der Waals surface area contributed by atoms with E-state index in [2.05, 4.69) is 5.32 Å². The van der Waals surface area contributed by atoms with Gasteiger partial charge in [0.2, 0.25) is 5.91 Å². The smallest absolute Gasteiger partial charge is 0.315 e. The molecule has 0 rings (SSSR count). The second kappa shape index (κ2) is 4.98. The van der Waals surface area contributed by atoms with Gasteiger partial charge in [0.15, 0.2) is 0 Å². The van der Waals surface area contributed by atoms with E-state index in [1.807, 2.05) is 20.8 Å². The third kappa shape index (κ3) is 4.25. The van der Waals surface area contributed by atoms with Crippen molar-refractivity contribution in [1.29, 1.82) is 0 Å². The maximum absolute atomic E-state index is 11.3. The first-order valence-corrected chi connectivity index (χ1v) is 4.80. The number of carbonyl (C=O) groups excluding carboxylic acids is 1. The third-order valence-corrected chi connectivity index (χ3v) is 2.46. The lowest BCUT2D eigenvalue weighted by molar-refractivity contribution is -0.146. The molecule has 0 radical (unpaired) electrons. The molecular formula is C10H19NO3. The van der Waals surface area contributed by atoms with Gasteiger partial charge in [-0.3, -0.25) is 9.59 Å². The van der Waals surface area contributed by atoms with Gasteiger partial charge in [0.1, 0.15) is 5.92 Å². The predicted octanol–water partition coefficient (Wildman–Crippen LogP) is 1.26. The van der Waals surface area contributed by atoms with Gasteiger partial charge in [-0.05, 0) is 18.8 Å². The van der Waals surface area contributed by atoms with Crippen LogP contribution in [0.3, 0.4) is 0 Å². The topological polar surface area (TPSA) is 66.4 Å².